The number of unbranched alkanes of at least 4 members (excludes halogenated alkanes) is 2. The fourth-order valence-corrected chi connectivity index (χ4v) is 1.65. The molecule has 1 saturated carbocycles. The third kappa shape index (κ3) is 8.81. The Bertz CT molecular complexity index is 131. The van der Waals surface area contributed by atoms with E-state index in [4.69, 9.17) is 22.9 Å². The summed E-state index contributed by atoms with van der Waals surface area (Å²) >= 11 is 0. The molecule has 1 fully saturated rings. The molecule has 0 aromatic carbocycles. The van der Waals surface area contributed by atoms with Crippen molar-refractivity contribution in [2.24, 2.45) is 22.9 Å². The lowest BCUT2D eigenvalue weighted by atomic mass is 10.2. The Hall–Kier alpha value is -0.160. The molecule has 0 aromatic rings. The maximum atomic E-state index is 5.55. The summed E-state index contributed by atoms with van der Waals surface area (Å²) < 4.78 is 0. The van der Waals surface area contributed by atoms with E-state index in [1.165, 1.54) is 25.7 Å². The van der Waals surface area contributed by atoms with Crippen LogP contribution >= 0.6 is 0 Å². The lowest BCUT2D eigenvalue weighted by Gasteiger charge is -2.05. The molecule has 1 rings (SSSR count). The molecule has 0 amide bonds. The molecule has 2 unspecified atom stereocenters. The molecule has 92 valence electrons. The molecular formula is C11H28N4. The fourth-order valence-electron chi connectivity index (χ4n) is 1.65. The van der Waals surface area contributed by atoms with Crippen molar-refractivity contribution in [3.63, 3.8) is 0 Å². The quantitative estimate of drug-likeness (QED) is 0.409. The molecule has 0 heterocycles. The van der Waals surface area contributed by atoms with E-state index in [1.54, 1.807) is 0 Å². The van der Waals surface area contributed by atoms with Crippen molar-refractivity contribution in [1.82, 2.24) is 0 Å². The summed E-state index contributed by atoms with van der Waals surface area (Å²) in [4.78, 5) is 0. The van der Waals surface area contributed by atoms with Crippen molar-refractivity contribution in [1.29, 1.82) is 0 Å². The first-order valence-corrected chi connectivity index (χ1v) is 6.10. The van der Waals surface area contributed by atoms with Gasteiger partial charge in [-0.25, -0.2) is 0 Å². The molecule has 1 aliphatic rings. The van der Waals surface area contributed by atoms with Gasteiger partial charge in [-0.2, -0.15) is 0 Å². The third-order valence-corrected chi connectivity index (χ3v) is 2.77. The molecule has 2 atom stereocenters. The highest BCUT2D eigenvalue weighted by Crippen LogP contribution is 2.13. The zero-order chi connectivity index (χ0) is 11.7. The lowest BCUT2D eigenvalue weighted by Crippen LogP contribution is -2.35. The van der Waals surface area contributed by atoms with Crippen LogP contribution in [0.25, 0.3) is 0 Å². The van der Waals surface area contributed by atoms with Crippen LogP contribution in [0.15, 0.2) is 0 Å². The van der Waals surface area contributed by atoms with Gasteiger partial charge in [0.15, 0.2) is 0 Å². The molecule has 0 saturated heterocycles. The Morgan fingerprint density at radius 1 is 1.07 bits per heavy atom. The van der Waals surface area contributed by atoms with Gasteiger partial charge in [-0.15, -0.1) is 0 Å². The van der Waals surface area contributed by atoms with E-state index in [1.807, 2.05) is 0 Å². The Kier molecular flexibility index (Phi) is 9.00. The van der Waals surface area contributed by atoms with Crippen molar-refractivity contribution in [3.8, 4) is 0 Å². The standard InChI is InChI=1S/C6H16N2.C5H12N2/c1-2-3-4-5-6(7)8;6-4-2-1-3-5(4)7/h6H,2-5,7-8H2,1H3;4-5H,1-3,6-7H2. The van der Waals surface area contributed by atoms with Crippen molar-refractivity contribution >= 4 is 0 Å². The molecule has 1 aliphatic carbocycles. The Morgan fingerprint density at radius 3 is 1.87 bits per heavy atom. The molecular weight excluding hydrogens is 188 g/mol. The highest BCUT2D eigenvalue weighted by molar-refractivity contribution is 4.82. The molecule has 4 nitrogen and oxygen atoms in total. The molecule has 8 N–H and O–H groups in total. The van der Waals surface area contributed by atoms with E-state index in [-0.39, 0.29) is 6.17 Å². The Balaban J connectivity index is 0.000000262. The molecule has 15 heavy (non-hydrogen) atoms. The van der Waals surface area contributed by atoms with Crippen LogP contribution in [0, 0.1) is 0 Å². The average Bonchev–Trinajstić information content (AvgIpc) is 2.52. The van der Waals surface area contributed by atoms with Crippen molar-refractivity contribution in [3.05, 3.63) is 0 Å². The zero-order valence-corrected chi connectivity index (χ0v) is 9.99. The minimum absolute atomic E-state index is 0.0958. The van der Waals surface area contributed by atoms with Crippen LogP contribution in [0.4, 0.5) is 0 Å². The highest BCUT2D eigenvalue weighted by Gasteiger charge is 2.18. The van der Waals surface area contributed by atoms with Crippen LogP contribution in [0.5, 0.6) is 0 Å². The summed E-state index contributed by atoms with van der Waals surface area (Å²) in [6, 6.07) is 0.583. The Morgan fingerprint density at radius 2 is 1.60 bits per heavy atom. The maximum Gasteiger partial charge on any atom is 0.0520 e. The van der Waals surface area contributed by atoms with Gasteiger partial charge in [0.1, 0.15) is 0 Å². The number of nitrogens with two attached hydrogens (primary N) is 4. The second-order valence-electron chi connectivity index (χ2n) is 4.42. The minimum atomic E-state index is -0.0958. The maximum absolute atomic E-state index is 5.55. The predicted molar refractivity (Wildman–Crippen MR) is 66.1 cm³/mol. The molecule has 0 spiro atoms. The summed E-state index contributed by atoms with van der Waals surface area (Å²) in [7, 11) is 0. The van der Waals surface area contributed by atoms with E-state index in [9.17, 15) is 0 Å². The number of hydrogen-bond acceptors (Lipinski definition) is 4. The van der Waals surface area contributed by atoms with E-state index in [0.29, 0.717) is 12.1 Å². The molecule has 4 heteroatoms. The zero-order valence-electron chi connectivity index (χ0n) is 9.99. The van der Waals surface area contributed by atoms with Gasteiger partial charge in [-0.3, -0.25) is 0 Å². The van der Waals surface area contributed by atoms with Crippen LogP contribution in [-0.2, 0) is 0 Å². The van der Waals surface area contributed by atoms with Crippen molar-refractivity contribution in [2.45, 2.75) is 70.1 Å². The van der Waals surface area contributed by atoms with E-state index in [2.05, 4.69) is 6.92 Å². The summed E-state index contributed by atoms with van der Waals surface area (Å²) in [5, 5.41) is 0. The molecule has 0 bridgehead atoms. The summed E-state index contributed by atoms with van der Waals surface area (Å²) in [5.41, 5.74) is 21.7. The van der Waals surface area contributed by atoms with Gasteiger partial charge in [-0.1, -0.05) is 32.6 Å². The lowest BCUT2D eigenvalue weighted by molar-refractivity contribution is 0.575. The monoisotopic (exact) mass is 216 g/mol. The normalized spacial score (nSPS) is 25.2. The van der Waals surface area contributed by atoms with Gasteiger partial charge >= 0.3 is 0 Å². The minimum Gasteiger partial charge on any atom is -0.326 e. The van der Waals surface area contributed by atoms with E-state index < -0.39 is 0 Å². The van der Waals surface area contributed by atoms with Gasteiger partial charge in [0.05, 0.1) is 6.17 Å². The number of rotatable bonds is 4. The molecule has 0 aromatic heterocycles. The predicted octanol–water partition coefficient (Wildman–Crippen LogP) is 0.635. The number of hydrogen-bond donors (Lipinski definition) is 4. The van der Waals surface area contributed by atoms with Crippen molar-refractivity contribution < 1.29 is 0 Å². The van der Waals surface area contributed by atoms with E-state index in [0.717, 1.165) is 19.3 Å². The summed E-state index contributed by atoms with van der Waals surface area (Å²) in [6.45, 7) is 2.17. The van der Waals surface area contributed by atoms with Crippen LogP contribution in [-0.4, -0.2) is 18.2 Å². The molecule has 0 radical (unpaired) electrons. The second-order valence-corrected chi connectivity index (χ2v) is 4.42. The second kappa shape index (κ2) is 9.09. The van der Waals surface area contributed by atoms with Gasteiger partial charge < -0.3 is 22.9 Å². The van der Waals surface area contributed by atoms with Crippen LogP contribution in [0.3, 0.4) is 0 Å². The molecule has 0 aliphatic heterocycles. The Labute approximate surface area is 93.7 Å². The van der Waals surface area contributed by atoms with Gasteiger partial charge in [0.2, 0.25) is 0 Å². The van der Waals surface area contributed by atoms with Crippen LogP contribution in [0.2, 0.25) is 0 Å². The van der Waals surface area contributed by atoms with E-state index >= 15 is 0 Å². The smallest absolute Gasteiger partial charge is 0.0520 e. The average molecular weight is 216 g/mol. The summed E-state index contributed by atoms with van der Waals surface area (Å²) in [5.74, 6) is 0. The van der Waals surface area contributed by atoms with Crippen LogP contribution in [0.1, 0.15) is 51.9 Å². The first kappa shape index (κ1) is 14.8. The van der Waals surface area contributed by atoms with Gasteiger partial charge in [0, 0.05) is 12.1 Å². The third-order valence-electron chi connectivity index (χ3n) is 2.77. The topological polar surface area (TPSA) is 104 Å². The highest BCUT2D eigenvalue weighted by atomic mass is 14.8. The van der Waals surface area contributed by atoms with Gasteiger partial charge in [-0.05, 0) is 19.3 Å². The first-order valence-electron chi connectivity index (χ1n) is 6.10. The first-order chi connectivity index (χ1) is 7.07. The fraction of sp³-hybridized carbons (Fsp3) is 1.00. The largest absolute Gasteiger partial charge is 0.326 e. The van der Waals surface area contributed by atoms with Crippen molar-refractivity contribution in [2.75, 3.05) is 0 Å². The van der Waals surface area contributed by atoms with Crippen LogP contribution < -0.4 is 22.9 Å². The van der Waals surface area contributed by atoms with Gasteiger partial charge in [0.25, 0.3) is 0 Å². The summed E-state index contributed by atoms with van der Waals surface area (Å²) in [6.07, 6.45) is 8.02. The SMILES string of the molecule is CCCCCC(N)N.NC1CCCC1N.